The van der Waals surface area contributed by atoms with Crippen LogP contribution in [0.1, 0.15) is 26.2 Å². The van der Waals surface area contributed by atoms with Gasteiger partial charge in [-0.1, -0.05) is 135 Å². The molecule has 0 radical (unpaired) electrons. The smallest absolute Gasteiger partial charge is 0.0185 e. The van der Waals surface area contributed by atoms with Crippen molar-refractivity contribution in [2.75, 3.05) is 12.3 Å². The van der Waals surface area contributed by atoms with Crippen LogP contribution in [0.25, 0.3) is 0 Å². The first kappa shape index (κ1) is 23.5. The van der Waals surface area contributed by atoms with Crippen LogP contribution in [0.15, 0.2) is 121 Å². The lowest BCUT2D eigenvalue weighted by Crippen LogP contribution is -2.41. The second-order valence-electron chi connectivity index (χ2n) is 9.80. The molecular formula is C32H34P2. The highest BCUT2D eigenvalue weighted by Gasteiger charge is 2.42. The van der Waals surface area contributed by atoms with Crippen molar-refractivity contribution in [1.82, 2.24) is 0 Å². The molecule has 34 heavy (non-hydrogen) atoms. The van der Waals surface area contributed by atoms with Gasteiger partial charge < -0.3 is 0 Å². The molecule has 172 valence electrons. The molecular weight excluding hydrogens is 446 g/mol. The maximum Gasteiger partial charge on any atom is -0.0185 e. The number of hydrogen-bond acceptors (Lipinski definition) is 0. The Hall–Kier alpha value is -2.26. The molecule has 0 N–H and O–H groups in total. The Morgan fingerprint density at radius 3 is 1.06 bits per heavy atom. The van der Waals surface area contributed by atoms with Crippen molar-refractivity contribution >= 4 is 37.1 Å². The minimum atomic E-state index is -0.401. The fourth-order valence-corrected chi connectivity index (χ4v) is 11.0. The highest BCUT2D eigenvalue weighted by molar-refractivity contribution is 7.74. The molecule has 0 spiro atoms. The van der Waals surface area contributed by atoms with Gasteiger partial charge in [-0.15, -0.1) is 0 Å². The van der Waals surface area contributed by atoms with Gasteiger partial charge in [0.25, 0.3) is 0 Å². The molecule has 1 saturated carbocycles. The van der Waals surface area contributed by atoms with Crippen molar-refractivity contribution < 1.29 is 0 Å². The summed E-state index contributed by atoms with van der Waals surface area (Å²) in [4.78, 5) is 0. The topological polar surface area (TPSA) is 0 Å². The fraction of sp³-hybridized carbons (Fsp3) is 0.250. The summed E-state index contributed by atoms with van der Waals surface area (Å²) >= 11 is 0. The standard InChI is InChI=1S/C32H34P2/c1-32(27-15-14-16-27,25-33(28-17-6-2-7-18-28)29-19-8-3-9-20-29)26-34(30-21-10-4-11-22-30)31-23-12-5-13-24-31/h2-13,17-24,27H,14-16,25-26H2,1H3. The summed E-state index contributed by atoms with van der Waals surface area (Å²) in [6.45, 7) is 2.62. The van der Waals surface area contributed by atoms with Gasteiger partial charge in [-0.05, 0) is 73.6 Å². The lowest BCUT2D eigenvalue weighted by Gasteiger charge is -2.47. The SMILES string of the molecule is CC(CP(c1ccccc1)c1ccccc1)(CP(c1ccccc1)c1ccccc1)C1CCC1. The van der Waals surface area contributed by atoms with Crippen LogP contribution in [0, 0.1) is 11.3 Å². The summed E-state index contributed by atoms with van der Waals surface area (Å²) in [7, 11) is -0.802. The Kier molecular flexibility index (Phi) is 7.59. The molecule has 4 aromatic rings. The Balaban J connectivity index is 1.53. The van der Waals surface area contributed by atoms with Crippen molar-refractivity contribution in [3.8, 4) is 0 Å². The summed E-state index contributed by atoms with van der Waals surface area (Å²) < 4.78 is 0. The molecule has 0 amide bonds. The third-order valence-corrected chi connectivity index (χ3v) is 13.2. The van der Waals surface area contributed by atoms with E-state index in [2.05, 4.69) is 128 Å². The van der Waals surface area contributed by atoms with E-state index in [9.17, 15) is 0 Å². The molecule has 1 aliphatic rings. The maximum absolute atomic E-state index is 2.62. The van der Waals surface area contributed by atoms with Gasteiger partial charge in [-0.3, -0.25) is 0 Å². The highest BCUT2D eigenvalue weighted by atomic mass is 31.1. The van der Waals surface area contributed by atoms with Crippen LogP contribution < -0.4 is 21.2 Å². The second-order valence-corrected chi connectivity index (χ2v) is 14.2. The molecule has 0 saturated heterocycles. The molecule has 5 rings (SSSR count). The Morgan fingerprint density at radius 2 is 0.824 bits per heavy atom. The molecule has 1 aliphatic carbocycles. The van der Waals surface area contributed by atoms with Gasteiger partial charge >= 0.3 is 0 Å². The van der Waals surface area contributed by atoms with Crippen LogP contribution in [-0.2, 0) is 0 Å². The van der Waals surface area contributed by atoms with E-state index in [0.717, 1.165) is 5.92 Å². The molecule has 0 atom stereocenters. The third-order valence-electron chi connectivity index (χ3n) is 7.40. The summed E-state index contributed by atoms with van der Waals surface area (Å²) in [5, 5.41) is 6.05. The van der Waals surface area contributed by atoms with Gasteiger partial charge in [-0.2, -0.15) is 0 Å². The van der Waals surface area contributed by atoms with Crippen LogP contribution >= 0.6 is 15.8 Å². The van der Waals surface area contributed by atoms with E-state index in [1.54, 1.807) is 0 Å². The van der Waals surface area contributed by atoms with Crippen LogP contribution in [-0.4, -0.2) is 12.3 Å². The van der Waals surface area contributed by atoms with E-state index in [4.69, 9.17) is 0 Å². The normalized spacial score (nSPS) is 14.3. The average molecular weight is 481 g/mol. The zero-order valence-corrected chi connectivity index (χ0v) is 21.8. The first-order valence-electron chi connectivity index (χ1n) is 12.5. The van der Waals surface area contributed by atoms with Crippen molar-refractivity contribution in [1.29, 1.82) is 0 Å². The summed E-state index contributed by atoms with van der Waals surface area (Å²) in [5.41, 5.74) is 0.313. The molecule has 0 heterocycles. The maximum atomic E-state index is 2.62. The molecule has 0 bridgehead atoms. The molecule has 0 unspecified atom stereocenters. The van der Waals surface area contributed by atoms with Gasteiger partial charge in [-0.25, -0.2) is 0 Å². The Labute approximate surface area is 208 Å². The lowest BCUT2D eigenvalue weighted by atomic mass is 9.68. The first-order chi connectivity index (χ1) is 16.7. The largest absolute Gasteiger partial charge is 0.0622 e. The van der Waals surface area contributed by atoms with Gasteiger partial charge in [0, 0.05) is 0 Å². The van der Waals surface area contributed by atoms with E-state index < -0.39 is 15.8 Å². The van der Waals surface area contributed by atoms with Crippen LogP contribution in [0.5, 0.6) is 0 Å². The van der Waals surface area contributed by atoms with Crippen LogP contribution in [0.2, 0.25) is 0 Å². The predicted molar refractivity (Wildman–Crippen MR) is 153 cm³/mol. The quantitative estimate of drug-likeness (QED) is 0.225. The minimum absolute atomic E-state index is 0.313. The summed E-state index contributed by atoms with van der Waals surface area (Å²) in [6.07, 6.45) is 6.69. The van der Waals surface area contributed by atoms with Gasteiger partial charge in [0.1, 0.15) is 0 Å². The third kappa shape index (κ3) is 5.35. The zero-order valence-electron chi connectivity index (χ0n) is 20.1. The Morgan fingerprint density at radius 1 is 0.529 bits per heavy atom. The van der Waals surface area contributed by atoms with Crippen LogP contribution in [0.3, 0.4) is 0 Å². The fourth-order valence-electron chi connectivity index (χ4n) is 5.23. The molecule has 0 aromatic heterocycles. The average Bonchev–Trinajstić information content (AvgIpc) is 2.87. The summed E-state index contributed by atoms with van der Waals surface area (Å²) in [5.74, 6) is 0.822. The second kappa shape index (κ2) is 11.0. The molecule has 1 fully saturated rings. The number of rotatable bonds is 9. The zero-order chi connectivity index (χ0) is 23.2. The van der Waals surface area contributed by atoms with E-state index >= 15 is 0 Å². The summed E-state index contributed by atoms with van der Waals surface area (Å²) in [6, 6.07) is 45.2. The Bertz CT molecular complexity index is 975. The van der Waals surface area contributed by atoms with Gasteiger partial charge in [0.15, 0.2) is 0 Å². The lowest BCUT2D eigenvalue weighted by molar-refractivity contribution is 0.149. The van der Waals surface area contributed by atoms with Gasteiger partial charge in [0.2, 0.25) is 0 Å². The molecule has 0 nitrogen and oxygen atoms in total. The van der Waals surface area contributed by atoms with Crippen molar-refractivity contribution in [2.45, 2.75) is 26.2 Å². The van der Waals surface area contributed by atoms with Crippen molar-refractivity contribution in [3.63, 3.8) is 0 Å². The van der Waals surface area contributed by atoms with E-state index in [-0.39, 0.29) is 0 Å². The molecule has 0 aliphatic heterocycles. The van der Waals surface area contributed by atoms with E-state index in [1.165, 1.54) is 52.8 Å². The predicted octanol–water partition coefficient (Wildman–Crippen LogP) is 7.06. The number of benzene rings is 4. The monoisotopic (exact) mass is 480 g/mol. The minimum Gasteiger partial charge on any atom is -0.0622 e. The highest BCUT2D eigenvalue weighted by Crippen LogP contribution is 2.54. The van der Waals surface area contributed by atoms with Crippen LogP contribution in [0.4, 0.5) is 0 Å². The van der Waals surface area contributed by atoms with Crippen molar-refractivity contribution in [3.05, 3.63) is 121 Å². The first-order valence-corrected chi connectivity index (χ1v) is 15.5. The number of hydrogen-bond donors (Lipinski definition) is 0. The molecule has 2 heteroatoms. The van der Waals surface area contributed by atoms with Gasteiger partial charge in [0.05, 0.1) is 0 Å². The molecule has 4 aromatic carbocycles. The van der Waals surface area contributed by atoms with Crippen molar-refractivity contribution in [2.24, 2.45) is 11.3 Å². The van der Waals surface area contributed by atoms with E-state index in [1.807, 2.05) is 0 Å². The van der Waals surface area contributed by atoms with E-state index in [0.29, 0.717) is 5.41 Å².